The predicted molar refractivity (Wildman–Crippen MR) is 103 cm³/mol. The third kappa shape index (κ3) is 7.17. The van der Waals surface area contributed by atoms with Gasteiger partial charge in [-0.25, -0.2) is 0 Å². The van der Waals surface area contributed by atoms with Crippen LogP contribution in [0.1, 0.15) is 62.8 Å². The zero-order chi connectivity index (χ0) is 15.1. The van der Waals surface area contributed by atoms with Crippen LogP contribution in [0.5, 0.6) is 5.75 Å². The largest absolute Gasteiger partial charge is 2.00 e. The van der Waals surface area contributed by atoms with Crippen LogP contribution in [0.15, 0.2) is 24.3 Å². The Morgan fingerprint density at radius 2 is 1.42 bits per heavy atom. The van der Waals surface area contributed by atoms with Crippen LogP contribution in [0.2, 0.25) is 0 Å². The SMILES string of the molecule is C1CCCC1.COc1ccccc1C1CCCC1N(C)C.[CH3-].[CH3-].[Fe+2]. The first kappa shape index (κ1) is 25.7. The summed E-state index contributed by atoms with van der Waals surface area (Å²) in [6, 6.07) is 9.10. The number of rotatable bonds is 3. The Morgan fingerprint density at radius 1 is 0.875 bits per heavy atom. The second-order valence-electron chi connectivity index (χ2n) is 6.58. The predicted octanol–water partition coefficient (Wildman–Crippen LogP) is 5.74. The summed E-state index contributed by atoms with van der Waals surface area (Å²) in [6.45, 7) is 0. The molecular formula is C21H37FeNO. The monoisotopic (exact) mass is 375 g/mol. The molecule has 2 nitrogen and oxygen atoms in total. The molecule has 2 atom stereocenters. The molecule has 1 aromatic carbocycles. The van der Waals surface area contributed by atoms with E-state index in [-0.39, 0.29) is 31.9 Å². The zero-order valence-electron chi connectivity index (χ0n) is 16.3. The fourth-order valence-electron chi connectivity index (χ4n) is 3.78. The van der Waals surface area contributed by atoms with Gasteiger partial charge in [0.15, 0.2) is 0 Å². The minimum absolute atomic E-state index is 0. The summed E-state index contributed by atoms with van der Waals surface area (Å²) in [6.07, 6.45) is 11.4. The van der Waals surface area contributed by atoms with E-state index in [0.29, 0.717) is 12.0 Å². The number of methoxy groups -OCH3 is 1. The van der Waals surface area contributed by atoms with Crippen molar-refractivity contribution in [2.24, 2.45) is 0 Å². The van der Waals surface area contributed by atoms with Crippen molar-refractivity contribution >= 4 is 0 Å². The van der Waals surface area contributed by atoms with Crippen molar-refractivity contribution < 1.29 is 21.8 Å². The maximum atomic E-state index is 5.47. The van der Waals surface area contributed by atoms with E-state index in [4.69, 9.17) is 4.74 Å². The van der Waals surface area contributed by atoms with E-state index < -0.39 is 0 Å². The van der Waals surface area contributed by atoms with Crippen molar-refractivity contribution in [2.45, 2.75) is 63.3 Å². The van der Waals surface area contributed by atoms with E-state index in [1.165, 1.54) is 56.9 Å². The molecule has 0 bridgehead atoms. The zero-order valence-corrected chi connectivity index (χ0v) is 17.4. The van der Waals surface area contributed by atoms with Gasteiger partial charge in [-0.3, -0.25) is 0 Å². The normalized spacial score (nSPS) is 21.7. The fourth-order valence-corrected chi connectivity index (χ4v) is 3.78. The Balaban J connectivity index is 0. The summed E-state index contributed by atoms with van der Waals surface area (Å²) in [4.78, 5) is 2.35. The van der Waals surface area contributed by atoms with Gasteiger partial charge in [0.25, 0.3) is 0 Å². The van der Waals surface area contributed by atoms with Gasteiger partial charge in [0.05, 0.1) is 7.11 Å². The van der Waals surface area contributed by atoms with E-state index in [2.05, 4.69) is 37.2 Å². The first-order valence-corrected chi connectivity index (χ1v) is 8.53. The minimum atomic E-state index is 0. The number of ether oxygens (including phenoxy) is 1. The molecular weight excluding hydrogens is 338 g/mol. The van der Waals surface area contributed by atoms with Crippen LogP contribution in [0.4, 0.5) is 0 Å². The van der Waals surface area contributed by atoms with Crippen LogP contribution >= 0.6 is 0 Å². The van der Waals surface area contributed by atoms with E-state index in [0.717, 1.165) is 5.75 Å². The molecule has 2 aliphatic rings. The average Bonchev–Trinajstić information content (AvgIpc) is 3.21. The molecule has 0 amide bonds. The van der Waals surface area contributed by atoms with Gasteiger partial charge in [-0.05, 0) is 38.6 Å². The molecule has 0 saturated heterocycles. The smallest absolute Gasteiger partial charge is 0.496 e. The minimum Gasteiger partial charge on any atom is -0.496 e. The van der Waals surface area contributed by atoms with Gasteiger partial charge in [-0.15, -0.1) is 0 Å². The van der Waals surface area contributed by atoms with Crippen LogP contribution in [0.25, 0.3) is 0 Å². The molecule has 140 valence electrons. The number of nitrogens with zero attached hydrogens (tertiary/aromatic N) is 1. The quantitative estimate of drug-likeness (QED) is 0.493. The maximum absolute atomic E-state index is 5.47. The van der Waals surface area contributed by atoms with E-state index in [1.807, 2.05) is 6.07 Å². The second-order valence-corrected chi connectivity index (χ2v) is 6.58. The molecule has 2 saturated carbocycles. The Bertz CT molecular complexity index is 410. The standard InChI is InChI=1S/C14H21NO.C5H10.2CH3.Fe/c1-15(2)13-9-6-8-11(13)12-7-4-5-10-14(12)16-3;1-2-4-5-3-1;;;/h4-5,7,10-11,13H,6,8-9H2,1-3H3;1-5H2;2*1H3;/q;;2*-1;+2. The summed E-state index contributed by atoms with van der Waals surface area (Å²) < 4.78 is 5.47. The van der Waals surface area contributed by atoms with Gasteiger partial charge in [0.2, 0.25) is 0 Å². The number of hydrogen-bond donors (Lipinski definition) is 0. The topological polar surface area (TPSA) is 12.5 Å². The fraction of sp³-hybridized carbons (Fsp3) is 0.619. The molecule has 0 radical (unpaired) electrons. The molecule has 24 heavy (non-hydrogen) atoms. The van der Waals surface area contributed by atoms with Crippen molar-refractivity contribution in [3.8, 4) is 5.75 Å². The molecule has 0 aromatic heterocycles. The van der Waals surface area contributed by atoms with Crippen molar-refractivity contribution in [1.82, 2.24) is 4.90 Å². The van der Waals surface area contributed by atoms with E-state index in [9.17, 15) is 0 Å². The third-order valence-corrected chi connectivity index (χ3v) is 4.93. The second kappa shape index (κ2) is 13.8. The Morgan fingerprint density at radius 3 is 1.92 bits per heavy atom. The van der Waals surface area contributed by atoms with Crippen LogP contribution in [-0.4, -0.2) is 32.1 Å². The van der Waals surface area contributed by atoms with E-state index >= 15 is 0 Å². The molecule has 0 aliphatic heterocycles. The van der Waals surface area contributed by atoms with Gasteiger partial charge in [0, 0.05) is 12.0 Å². The number of benzene rings is 1. The van der Waals surface area contributed by atoms with Crippen molar-refractivity contribution in [2.75, 3.05) is 21.2 Å². The first-order valence-electron chi connectivity index (χ1n) is 8.53. The molecule has 2 fully saturated rings. The molecule has 0 N–H and O–H groups in total. The van der Waals surface area contributed by atoms with Gasteiger partial charge in [-0.2, -0.15) is 0 Å². The molecule has 3 rings (SSSR count). The molecule has 0 heterocycles. The van der Waals surface area contributed by atoms with Crippen LogP contribution in [0.3, 0.4) is 0 Å². The maximum Gasteiger partial charge on any atom is 2.00 e. The van der Waals surface area contributed by atoms with Crippen LogP contribution < -0.4 is 4.74 Å². The van der Waals surface area contributed by atoms with Gasteiger partial charge < -0.3 is 24.5 Å². The van der Waals surface area contributed by atoms with Gasteiger partial charge in [0.1, 0.15) is 5.75 Å². The summed E-state index contributed by atoms with van der Waals surface area (Å²) in [5, 5.41) is 0. The molecule has 1 aromatic rings. The van der Waals surface area contributed by atoms with Gasteiger partial charge in [-0.1, -0.05) is 56.7 Å². The average molecular weight is 375 g/mol. The Labute approximate surface area is 161 Å². The summed E-state index contributed by atoms with van der Waals surface area (Å²) >= 11 is 0. The first-order chi connectivity index (χ1) is 10.2. The summed E-state index contributed by atoms with van der Waals surface area (Å²) in [7, 11) is 6.12. The number of hydrogen-bond acceptors (Lipinski definition) is 2. The van der Waals surface area contributed by atoms with Crippen LogP contribution in [0, 0.1) is 14.9 Å². The van der Waals surface area contributed by atoms with Crippen molar-refractivity contribution in [3.63, 3.8) is 0 Å². The van der Waals surface area contributed by atoms with E-state index in [1.54, 1.807) is 7.11 Å². The molecule has 0 spiro atoms. The number of likely N-dealkylation sites (N-methyl/N-ethyl adjacent to an activating group) is 1. The molecule has 3 heteroatoms. The van der Waals surface area contributed by atoms with Crippen molar-refractivity contribution in [1.29, 1.82) is 0 Å². The van der Waals surface area contributed by atoms with Crippen LogP contribution in [-0.2, 0) is 17.1 Å². The van der Waals surface area contributed by atoms with Gasteiger partial charge >= 0.3 is 17.1 Å². The Hall–Kier alpha value is -0.501. The number of para-hydroxylation sites is 1. The molecule has 2 aliphatic carbocycles. The summed E-state index contributed by atoms with van der Waals surface area (Å²) in [5.41, 5.74) is 1.38. The summed E-state index contributed by atoms with van der Waals surface area (Å²) in [5.74, 6) is 1.67. The van der Waals surface area contributed by atoms with Crippen molar-refractivity contribution in [3.05, 3.63) is 44.7 Å². The molecule has 2 unspecified atom stereocenters. The Kier molecular flexibility index (Phi) is 14.7. The third-order valence-electron chi connectivity index (χ3n) is 4.93.